The van der Waals surface area contributed by atoms with Gasteiger partial charge in [0.05, 0.1) is 13.3 Å². The highest BCUT2D eigenvalue weighted by molar-refractivity contribution is 5.75. The SMILES string of the molecule is COc1cn(CC(=O)NC[C@H]2C[C@@H]3C=C[C@H]2C3)c(C)cc1=O. The standard InChI is InChI=1S/C17H22N2O3/c1-11-5-15(20)16(22-2)9-19(11)10-17(21)18-8-14-7-12-3-4-13(14)6-12/h3-5,9,12-14H,6-8,10H2,1-2H3,(H,18,21)/t12-,13+,14-/m1/s1. The lowest BCUT2D eigenvalue weighted by molar-refractivity contribution is -0.121. The fourth-order valence-electron chi connectivity index (χ4n) is 3.56. The van der Waals surface area contributed by atoms with Crippen LogP contribution in [0.4, 0.5) is 0 Å². The van der Waals surface area contributed by atoms with Crippen LogP contribution >= 0.6 is 0 Å². The molecule has 1 fully saturated rings. The molecule has 3 rings (SSSR count). The fraction of sp³-hybridized carbons (Fsp3) is 0.529. The van der Waals surface area contributed by atoms with Gasteiger partial charge in [-0.15, -0.1) is 0 Å². The van der Waals surface area contributed by atoms with Crippen LogP contribution in [0.2, 0.25) is 0 Å². The van der Waals surface area contributed by atoms with E-state index in [0.29, 0.717) is 11.8 Å². The second-order valence-corrected chi connectivity index (χ2v) is 6.32. The van der Waals surface area contributed by atoms with E-state index in [1.165, 1.54) is 26.0 Å². The summed E-state index contributed by atoms with van der Waals surface area (Å²) in [5.74, 6) is 2.16. The molecule has 0 saturated heterocycles. The molecular weight excluding hydrogens is 280 g/mol. The van der Waals surface area contributed by atoms with Crippen molar-refractivity contribution in [3.63, 3.8) is 0 Å². The quantitative estimate of drug-likeness (QED) is 0.838. The van der Waals surface area contributed by atoms with Crippen LogP contribution < -0.4 is 15.5 Å². The Hall–Kier alpha value is -2.04. The van der Waals surface area contributed by atoms with Gasteiger partial charge in [0.2, 0.25) is 11.3 Å². The third kappa shape index (κ3) is 2.93. The van der Waals surface area contributed by atoms with Crippen LogP contribution in [0.1, 0.15) is 18.5 Å². The minimum atomic E-state index is -0.162. The molecule has 2 aliphatic carbocycles. The topological polar surface area (TPSA) is 60.3 Å². The first kappa shape index (κ1) is 14.9. The van der Waals surface area contributed by atoms with Crippen molar-refractivity contribution in [1.82, 2.24) is 9.88 Å². The summed E-state index contributed by atoms with van der Waals surface area (Å²) in [6.45, 7) is 2.76. The number of nitrogens with zero attached hydrogens (tertiary/aromatic N) is 1. The summed E-state index contributed by atoms with van der Waals surface area (Å²) in [5.41, 5.74) is 0.592. The molecule has 0 radical (unpaired) electrons. The number of hydrogen-bond donors (Lipinski definition) is 1. The van der Waals surface area contributed by atoms with E-state index in [1.807, 2.05) is 6.92 Å². The minimum absolute atomic E-state index is 0.0273. The molecule has 22 heavy (non-hydrogen) atoms. The lowest BCUT2D eigenvalue weighted by Gasteiger charge is -2.19. The zero-order chi connectivity index (χ0) is 15.7. The van der Waals surface area contributed by atoms with Crippen molar-refractivity contribution in [1.29, 1.82) is 0 Å². The Kier molecular flexibility index (Phi) is 4.05. The number of carbonyl (C=O) groups is 1. The zero-order valence-corrected chi connectivity index (χ0v) is 13.0. The lowest BCUT2D eigenvalue weighted by Crippen LogP contribution is -2.34. The molecule has 1 aromatic rings. The van der Waals surface area contributed by atoms with Gasteiger partial charge in [-0.2, -0.15) is 0 Å². The Morgan fingerprint density at radius 1 is 1.41 bits per heavy atom. The molecule has 2 aliphatic rings. The molecule has 5 nitrogen and oxygen atoms in total. The maximum absolute atomic E-state index is 12.1. The third-order valence-electron chi connectivity index (χ3n) is 4.82. The van der Waals surface area contributed by atoms with Gasteiger partial charge < -0.3 is 14.6 Å². The number of pyridine rings is 1. The van der Waals surface area contributed by atoms with E-state index in [4.69, 9.17) is 4.74 Å². The number of aryl methyl sites for hydroxylation is 1. The minimum Gasteiger partial charge on any atom is -0.491 e. The lowest BCUT2D eigenvalue weighted by atomic mass is 9.94. The van der Waals surface area contributed by atoms with E-state index in [-0.39, 0.29) is 23.6 Å². The number of nitrogens with one attached hydrogen (secondary N) is 1. The van der Waals surface area contributed by atoms with Gasteiger partial charge >= 0.3 is 0 Å². The first-order chi connectivity index (χ1) is 10.6. The van der Waals surface area contributed by atoms with Crippen LogP contribution in [0.3, 0.4) is 0 Å². The van der Waals surface area contributed by atoms with Crippen LogP contribution in [0.15, 0.2) is 29.2 Å². The van der Waals surface area contributed by atoms with Gasteiger partial charge in [-0.05, 0) is 37.5 Å². The molecule has 0 spiro atoms. The number of amides is 1. The molecule has 1 N–H and O–H groups in total. The molecule has 0 aromatic carbocycles. The number of carbonyl (C=O) groups excluding carboxylic acids is 1. The Morgan fingerprint density at radius 2 is 2.23 bits per heavy atom. The second-order valence-electron chi connectivity index (χ2n) is 6.32. The second kappa shape index (κ2) is 5.99. The van der Waals surface area contributed by atoms with Gasteiger partial charge in [-0.3, -0.25) is 9.59 Å². The zero-order valence-electron chi connectivity index (χ0n) is 13.0. The summed E-state index contributed by atoms with van der Waals surface area (Å²) in [6.07, 6.45) is 8.63. The van der Waals surface area contributed by atoms with Crippen molar-refractivity contribution in [2.24, 2.45) is 17.8 Å². The predicted molar refractivity (Wildman–Crippen MR) is 83.8 cm³/mol. The Bertz CT molecular complexity index is 662. The smallest absolute Gasteiger partial charge is 0.239 e. The Labute approximate surface area is 130 Å². The van der Waals surface area contributed by atoms with Crippen LogP contribution in [-0.2, 0) is 11.3 Å². The molecule has 1 aromatic heterocycles. The predicted octanol–water partition coefficient (Wildman–Crippen LogP) is 1.49. The average molecular weight is 302 g/mol. The number of ether oxygens (including phenoxy) is 1. The molecule has 0 aliphatic heterocycles. The number of aromatic nitrogens is 1. The molecule has 1 saturated carbocycles. The normalized spacial score (nSPS) is 25.5. The Balaban J connectivity index is 1.58. The van der Waals surface area contributed by atoms with Gasteiger partial charge in [-0.25, -0.2) is 0 Å². The van der Waals surface area contributed by atoms with Gasteiger partial charge in [0, 0.05) is 18.3 Å². The highest BCUT2D eigenvalue weighted by Crippen LogP contribution is 2.42. The van der Waals surface area contributed by atoms with E-state index in [1.54, 1.807) is 10.8 Å². The van der Waals surface area contributed by atoms with Crippen molar-refractivity contribution >= 4 is 5.91 Å². The van der Waals surface area contributed by atoms with Gasteiger partial charge in [0.15, 0.2) is 5.75 Å². The van der Waals surface area contributed by atoms with Crippen LogP contribution in [0, 0.1) is 24.7 Å². The number of allylic oxidation sites excluding steroid dienone is 2. The van der Waals surface area contributed by atoms with Gasteiger partial charge in [0.25, 0.3) is 0 Å². The third-order valence-corrected chi connectivity index (χ3v) is 4.82. The number of hydrogen-bond acceptors (Lipinski definition) is 3. The number of methoxy groups -OCH3 is 1. The summed E-state index contributed by atoms with van der Waals surface area (Å²) >= 11 is 0. The number of rotatable bonds is 5. The molecule has 1 amide bonds. The summed E-state index contributed by atoms with van der Waals surface area (Å²) in [7, 11) is 1.46. The molecule has 0 unspecified atom stereocenters. The van der Waals surface area contributed by atoms with Gasteiger partial charge in [-0.1, -0.05) is 12.2 Å². The van der Waals surface area contributed by atoms with Crippen LogP contribution in [0.5, 0.6) is 5.75 Å². The summed E-state index contributed by atoms with van der Waals surface area (Å²) < 4.78 is 6.77. The van der Waals surface area contributed by atoms with Crippen molar-refractivity contribution in [3.05, 3.63) is 40.3 Å². The van der Waals surface area contributed by atoms with Crippen LogP contribution in [0.25, 0.3) is 0 Å². The maximum Gasteiger partial charge on any atom is 0.239 e. The molecule has 118 valence electrons. The molecule has 1 heterocycles. The van der Waals surface area contributed by atoms with E-state index in [0.717, 1.165) is 18.2 Å². The van der Waals surface area contributed by atoms with E-state index in [9.17, 15) is 9.59 Å². The first-order valence-corrected chi connectivity index (χ1v) is 7.77. The highest BCUT2D eigenvalue weighted by Gasteiger charge is 2.35. The van der Waals surface area contributed by atoms with E-state index in [2.05, 4.69) is 17.5 Å². The van der Waals surface area contributed by atoms with Crippen molar-refractivity contribution in [2.45, 2.75) is 26.3 Å². The van der Waals surface area contributed by atoms with Gasteiger partial charge in [0.1, 0.15) is 6.54 Å². The summed E-state index contributed by atoms with van der Waals surface area (Å²) in [4.78, 5) is 23.8. The van der Waals surface area contributed by atoms with Crippen molar-refractivity contribution in [3.8, 4) is 5.75 Å². The Morgan fingerprint density at radius 3 is 2.86 bits per heavy atom. The van der Waals surface area contributed by atoms with E-state index >= 15 is 0 Å². The van der Waals surface area contributed by atoms with Crippen LogP contribution in [-0.4, -0.2) is 24.1 Å². The summed E-state index contributed by atoms with van der Waals surface area (Å²) in [6, 6.07) is 1.49. The molecule has 2 bridgehead atoms. The average Bonchev–Trinajstić information content (AvgIpc) is 3.10. The first-order valence-electron chi connectivity index (χ1n) is 7.77. The highest BCUT2D eigenvalue weighted by atomic mass is 16.5. The number of fused-ring (bicyclic) bond motifs is 2. The molecular formula is C17H22N2O3. The maximum atomic E-state index is 12.1. The fourth-order valence-corrected chi connectivity index (χ4v) is 3.56. The molecule has 5 heteroatoms. The molecule has 3 atom stereocenters. The monoisotopic (exact) mass is 302 g/mol. The largest absolute Gasteiger partial charge is 0.491 e. The summed E-state index contributed by atoms with van der Waals surface area (Å²) in [5, 5.41) is 3.02. The van der Waals surface area contributed by atoms with E-state index < -0.39 is 0 Å². The van der Waals surface area contributed by atoms with Crippen molar-refractivity contribution < 1.29 is 9.53 Å². The van der Waals surface area contributed by atoms with Crippen molar-refractivity contribution in [2.75, 3.05) is 13.7 Å².